The zero-order valence-electron chi connectivity index (χ0n) is 13.0. The molecule has 0 saturated carbocycles. The monoisotopic (exact) mass is 314 g/mol. The van der Waals surface area contributed by atoms with Crippen molar-refractivity contribution < 1.29 is 24.1 Å². The molecule has 1 heterocycles. The van der Waals surface area contributed by atoms with Gasteiger partial charge in [0.15, 0.2) is 0 Å². The molecule has 5 heteroatoms. The first-order valence-electron chi connectivity index (χ1n) is 7.35. The molecule has 0 aromatic heterocycles. The van der Waals surface area contributed by atoms with Crippen molar-refractivity contribution in [2.75, 3.05) is 13.7 Å². The van der Waals surface area contributed by atoms with Gasteiger partial charge in [-0.05, 0) is 29.8 Å². The van der Waals surface area contributed by atoms with Crippen molar-refractivity contribution in [1.82, 2.24) is 0 Å². The lowest BCUT2D eigenvalue weighted by Gasteiger charge is -2.30. The van der Waals surface area contributed by atoms with Crippen LogP contribution in [0.15, 0.2) is 42.5 Å². The Morgan fingerprint density at radius 2 is 1.87 bits per heavy atom. The standard InChI is InChI=1S/C18H18O5/c1-11(19)23-14-7-8-15-17(9-14)22-10-16(18(15)20)12-3-5-13(21-2)6-4-12/h3-9,16,18,20H,10H2,1-2H3/t16-,18-/m0/s1. The van der Waals surface area contributed by atoms with E-state index in [9.17, 15) is 9.90 Å². The van der Waals surface area contributed by atoms with Crippen molar-refractivity contribution in [3.8, 4) is 17.2 Å². The predicted octanol–water partition coefficient (Wildman–Crippen LogP) is 2.83. The second-order valence-electron chi connectivity index (χ2n) is 5.43. The van der Waals surface area contributed by atoms with Crippen molar-refractivity contribution in [2.45, 2.75) is 18.9 Å². The molecule has 2 atom stereocenters. The van der Waals surface area contributed by atoms with Gasteiger partial charge in [0.2, 0.25) is 0 Å². The van der Waals surface area contributed by atoms with Crippen molar-refractivity contribution in [3.05, 3.63) is 53.6 Å². The van der Waals surface area contributed by atoms with Gasteiger partial charge >= 0.3 is 5.97 Å². The lowest BCUT2D eigenvalue weighted by Crippen LogP contribution is -2.24. The zero-order valence-corrected chi connectivity index (χ0v) is 13.0. The number of fused-ring (bicyclic) bond motifs is 1. The number of carbonyl (C=O) groups excluding carboxylic acids is 1. The first-order valence-corrected chi connectivity index (χ1v) is 7.35. The molecule has 3 rings (SSSR count). The van der Waals surface area contributed by atoms with Crippen LogP contribution in [0.2, 0.25) is 0 Å². The summed E-state index contributed by atoms with van der Waals surface area (Å²) in [6.07, 6.45) is -0.682. The van der Waals surface area contributed by atoms with Crippen molar-refractivity contribution in [1.29, 1.82) is 0 Å². The first-order chi connectivity index (χ1) is 11.1. The van der Waals surface area contributed by atoms with Crippen molar-refractivity contribution in [2.24, 2.45) is 0 Å². The maximum Gasteiger partial charge on any atom is 0.308 e. The molecule has 1 N–H and O–H groups in total. The number of ether oxygens (including phenoxy) is 3. The Hall–Kier alpha value is -2.53. The normalized spacial score (nSPS) is 19.4. The molecule has 5 nitrogen and oxygen atoms in total. The third-order valence-corrected chi connectivity index (χ3v) is 3.91. The van der Waals surface area contributed by atoms with Crippen LogP contribution in [0.25, 0.3) is 0 Å². The van der Waals surface area contributed by atoms with Gasteiger partial charge < -0.3 is 19.3 Å². The predicted molar refractivity (Wildman–Crippen MR) is 83.9 cm³/mol. The molecule has 0 aliphatic carbocycles. The SMILES string of the molecule is COc1ccc([C@@H]2COc3cc(OC(C)=O)ccc3[C@@H]2O)cc1. The molecule has 0 radical (unpaired) electrons. The molecule has 0 spiro atoms. The van der Waals surface area contributed by atoms with E-state index in [4.69, 9.17) is 14.2 Å². The van der Waals surface area contributed by atoms with Gasteiger partial charge in [0.05, 0.1) is 19.8 Å². The van der Waals surface area contributed by atoms with E-state index in [1.165, 1.54) is 6.92 Å². The Labute approximate surface area is 134 Å². The number of aliphatic hydroxyl groups excluding tert-OH is 1. The maximum absolute atomic E-state index is 11.0. The van der Waals surface area contributed by atoms with E-state index >= 15 is 0 Å². The second kappa shape index (κ2) is 6.30. The van der Waals surface area contributed by atoms with Crippen LogP contribution in [0.5, 0.6) is 17.2 Å². The van der Waals surface area contributed by atoms with Crippen molar-refractivity contribution >= 4 is 5.97 Å². The maximum atomic E-state index is 11.0. The van der Waals surface area contributed by atoms with E-state index in [0.29, 0.717) is 23.7 Å². The summed E-state index contributed by atoms with van der Waals surface area (Å²) in [5.74, 6) is 1.17. The minimum absolute atomic E-state index is 0.159. The molecule has 1 aliphatic rings. The number of methoxy groups -OCH3 is 1. The van der Waals surface area contributed by atoms with Crippen LogP contribution in [-0.2, 0) is 4.79 Å². The van der Waals surface area contributed by atoms with Crippen LogP contribution < -0.4 is 14.2 Å². The summed E-state index contributed by atoms with van der Waals surface area (Å²) < 4.78 is 15.9. The van der Waals surface area contributed by atoms with Gasteiger partial charge in [0.25, 0.3) is 0 Å². The minimum Gasteiger partial charge on any atom is -0.497 e. The number of carbonyl (C=O) groups is 1. The van der Waals surface area contributed by atoms with Crippen molar-refractivity contribution in [3.63, 3.8) is 0 Å². The molecule has 0 bridgehead atoms. The van der Waals surface area contributed by atoms with E-state index in [0.717, 1.165) is 11.3 Å². The highest BCUT2D eigenvalue weighted by Crippen LogP contribution is 2.42. The number of hydrogen-bond acceptors (Lipinski definition) is 5. The summed E-state index contributed by atoms with van der Waals surface area (Å²) >= 11 is 0. The molecular weight excluding hydrogens is 296 g/mol. The number of hydrogen-bond donors (Lipinski definition) is 1. The van der Waals surface area contributed by atoms with E-state index in [1.54, 1.807) is 25.3 Å². The van der Waals surface area contributed by atoms with E-state index in [-0.39, 0.29) is 5.92 Å². The fourth-order valence-corrected chi connectivity index (χ4v) is 2.73. The van der Waals surface area contributed by atoms with Gasteiger partial charge in [-0.2, -0.15) is 0 Å². The second-order valence-corrected chi connectivity index (χ2v) is 5.43. The summed E-state index contributed by atoms with van der Waals surface area (Å²) in [5.41, 5.74) is 1.67. The van der Waals surface area contributed by atoms with Crippen LogP contribution in [0.3, 0.4) is 0 Å². The third-order valence-electron chi connectivity index (χ3n) is 3.91. The van der Waals surface area contributed by atoms with Gasteiger partial charge in [-0.25, -0.2) is 0 Å². The van der Waals surface area contributed by atoms with Crippen LogP contribution in [0.1, 0.15) is 30.1 Å². The summed E-state index contributed by atoms with van der Waals surface area (Å²) in [6.45, 7) is 1.69. The highest BCUT2D eigenvalue weighted by Gasteiger charge is 2.31. The Bertz CT molecular complexity index is 708. The number of rotatable bonds is 3. The van der Waals surface area contributed by atoms with Crippen LogP contribution in [-0.4, -0.2) is 24.8 Å². The Morgan fingerprint density at radius 3 is 2.52 bits per heavy atom. The van der Waals surface area contributed by atoms with Gasteiger partial charge in [0.1, 0.15) is 17.2 Å². The van der Waals surface area contributed by atoms with E-state index in [2.05, 4.69) is 0 Å². The van der Waals surface area contributed by atoms with Crippen LogP contribution in [0, 0.1) is 0 Å². The Balaban J connectivity index is 1.85. The molecule has 0 amide bonds. The smallest absolute Gasteiger partial charge is 0.308 e. The average Bonchev–Trinajstić information content (AvgIpc) is 2.55. The van der Waals surface area contributed by atoms with Crippen LogP contribution in [0.4, 0.5) is 0 Å². The largest absolute Gasteiger partial charge is 0.497 e. The minimum atomic E-state index is -0.682. The van der Waals surface area contributed by atoms with E-state index < -0.39 is 12.1 Å². The number of aliphatic hydroxyl groups is 1. The fourth-order valence-electron chi connectivity index (χ4n) is 2.73. The molecule has 120 valence electrons. The number of esters is 1. The average molecular weight is 314 g/mol. The topological polar surface area (TPSA) is 65.0 Å². The van der Waals surface area contributed by atoms with Gasteiger partial charge in [-0.15, -0.1) is 0 Å². The summed E-state index contributed by atoms with van der Waals surface area (Å²) in [4.78, 5) is 11.0. The van der Waals surface area contributed by atoms with Gasteiger partial charge in [-0.1, -0.05) is 12.1 Å². The molecule has 1 aliphatic heterocycles. The molecule has 2 aromatic rings. The summed E-state index contributed by atoms with van der Waals surface area (Å²) in [5, 5.41) is 10.7. The number of benzene rings is 2. The van der Waals surface area contributed by atoms with Gasteiger partial charge in [0, 0.05) is 24.5 Å². The molecule has 0 unspecified atom stereocenters. The van der Waals surface area contributed by atoms with E-state index in [1.807, 2.05) is 24.3 Å². The molecule has 0 saturated heterocycles. The molecule has 23 heavy (non-hydrogen) atoms. The molecule has 0 fully saturated rings. The summed E-state index contributed by atoms with van der Waals surface area (Å²) in [7, 11) is 1.62. The molecule has 2 aromatic carbocycles. The fraction of sp³-hybridized carbons (Fsp3) is 0.278. The lowest BCUT2D eigenvalue weighted by molar-refractivity contribution is -0.131. The van der Waals surface area contributed by atoms with Gasteiger partial charge in [-0.3, -0.25) is 4.79 Å². The Kier molecular flexibility index (Phi) is 4.21. The Morgan fingerprint density at radius 1 is 1.17 bits per heavy atom. The first kappa shape index (κ1) is 15.4. The highest BCUT2D eigenvalue weighted by molar-refractivity contribution is 5.69. The third kappa shape index (κ3) is 3.14. The molecular formula is C18H18O5. The summed E-state index contributed by atoms with van der Waals surface area (Å²) in [6, 6.07) is 12.6. The van der Waals surface area contributed by atoms with Crippen LogP contribution >= 0.6 is 0 Å². The lowest BCUT2D eigenvalue weighted by atomic mass is 9.87. The quantitative estimate of drug-likeness (QED) is 0.697. The zero-order chi connectivity index (χ0) is 16.4. The highest BCUT2D eigenvalue weighted by atomic mass is 16.5.